The smallest absolute Gasteiger partial charge is 0.275 e. The number of anilines is 1. The Hall–Kier alpha value is -2.05. The Morgan fingerprint density at radius 2 is 2.00 bits per heavy atom. The molecule has 1 amide bonds. The second-order valence-electron chi connectivity index (χ2n) is 3.61. The van der Waals surface area contributed by atoms with Crippen LogP contribution in [0.4, 0.5) is 5.82 Å². The standard InChI is InChI=1S/C12H9ClN4OS/c13-8-2-4-10(16-6-8)17-12(18)9-3-1-7(5-15-9)11(14)19/h1-6H,(H2,14,19)(H,16,17,18). The molecule has 3 N–H and O–H groups in total. The minimum atomic E-state index is -0.371. The molecule has 0 bridgehead atoms. The van der Waals surface area contributed by atoms with Gasteiger partial charge in [0.2, 0.25) is 0 Å². The molecule has 0 aliphatic heterocycles. The van der Waals surface area contributed by atoms with Gasteiger partial charge in [-0.2, -0.15) is 0 Å². The molecule has 0 radical (unpaired) electrons. The minimum Gasteiger partial charge on any atom is -0.389 e. The molecule has 0 aliphatic carbocycles. The minimum absolute atomic E-state index is 0.235. The molecule has 0 saturated carbocycles. The quantitative estimate of drug-likeness (QED) is 0.846. The topological polar surface area (TPSA) is 80.9 Å². The van der Waals surface area contributed by atoms with Crippen LogP contribution in [0, 0.1) is 0 Å². The van der Waals surface area contributed by atoms with Crippen LogP contribution >= 0.6 is 23.8 Å². The third-order valence-corrected chi connectivity index (χ3v) is 2.71. The highest BCUT2D eigenvalue weighted by atomic mass is 35.5. The number of aromatic nitrogens is 2. The zero-order chi connectivity index (χ0) is 13.8. The lowest BCUT2D eigenvalue weighted by Gasteiger charge is -2.04. The Morgan fingerprint density at radius 1 is 1.21 bits per heavy atom. The third kappa shape index (κ3) is 3.46. The summed E-state index contributed by atoms with van der Waals surface area (Å²) in [7, 11) is 0. The Labute approximate surface area is 119 Å². The van der Waals surface area contributed by atoms with E-state index >= 15 is 0 Å². The number of hydrogen-bond acceptors (Lipinski definition) is 4. The van der Waals surface area contributed by atoms with Crippen LogP contribution in [0.1, 0.15) is 16.1 Å². The Balaban J connectivity index is 2.11. The van der Waals surface area contributed by atoms with Gasteiger partial charge in [-0.25, -0.2) is 4.98 Å². The number of carbonyl (C=O) groups excluding carboxylic acids is 1. The number of carbonyl (C=O) groups is 1. The van der Waals surface area contributed by atoms with Crippen LogP contribution in [0.25, 0.3) is 0 Å². The van der Waals surface area contributed by atoms with Crippen molar-refractivity contribution in [3.05, 3.63) is 52.9 Å². The van der Waals surface area contributed by atoms with Crippen LogP contribution in [0.3, 0.4) is 0 Å². The van der Waals surface area contributed by atoms with E-state index in [4.69, 9.17) is 29.6 Å². The summed E-state index contributed by atoms with van der Waals surface area (Å²) in [5.74, 6) is 0.0268. The first kappa shape index (κ1) is 13.4. The molecule has 5 nitrogen and oxygen atoms in total. The SMILES string of the molecule is NC(=S)c1ccc(C(=O)Nc2ccc(Cl)cn2)nc1. The molecule has 7 heteroatoms. The van der Waals surface area contributed by atoms with Crippen molar-refractivity contribution in [3.8, 4) is 0 Å². The van der Waals surface area contributed by atoms with Crippen LogP contribution < -0.4 is 11.1 Å². The summed E-state index contributed by atoms with van der Waals surface area (Å²) in [6.07, 6.45) is 2.90. The van der Waals surface area contributed by atoms with Gasteiger partial charge in [0.25, 0.3) is 5.91 Å². The predicted octanol–water partition coefficient (Wildman–Crippen LogP) is 2.02. The summed E-state index contributed by atoms with van der Waals surface area (Å²) in [6, 6.07) is 6.41. The number of hydrogen-bond donors (Lipinski definition) is 2. The molecule has 19 heavy (non-hydrogen) atoms. The Morgan fingerprint density at radius 3 is 2.53 bits per heavy atom. The first-order valence-electron chi connectivity index (χ1n) is 5.25. The highest BCUT2D eigenvalue weighted by Gasteiger charge is 2.08. The first-order valence-corrected chi connectivity index (χ1v) is 6.03. The second kappa shape index (κ2) is 5.73. The normalized spacial score (nSPS) is 9.95. The molecule has 2 rings (SSSR count). The number of pyridine rings is 2. The van der Waals surface area contributed by atoms with E-state index in [-0.39, 0.29) is 16.6 Å². The maximum Gasteiger partial charge on any atom is 0.275 e. The Kier molecular flexibility index (Phi) is 4.03. The molecule has 2 heterocycles. The van der Waals surface area contributed by atoms with Crippen LogP contribution in [0.15, 0.2) is 36.7 Å². The fourth-order valence-corrected chi connectivity index (χ4v) is 1.54. The van der Waals surface area contributed by atoms with Gasteiger partial charge in [-0.15, -0.1) is 0 Å². The van der Waals surface area contributed by atoms with Crippen LogP contribution in [-0.2, 0) is 0 Å². The summed E-state index contributed by atoms with van der Waals surface area (Å²) in [4.78, 5) is 20.0. The van der Waals surface area contributed by atoms with Gasteiger partial charge in [-0.1, -0.05) is 23.8 Å². The van der Waals surface area contributed by atoms with E-state index in [0.717, 1.165) is 0 Å². The second-order valence-corrected chi connectivity index (χ2v) is 4.49. The van der Waals surface area contributed by atoms with E-state index in [1.165, 1.54) is 12.4 Å². The fourth-order valence-electron chi connectivity index (χ4n) is 1.30. The summed E-state index contributed by atoms with van der Waals surface area (Å²) in [5, 5.41) is 3.10. The average molecular weight is 293 g/mol. The predicted molar refractivity (Wildman–Crippen MR) is 77.3 cm³/mol. The van der Waals surface area contributed by atoms with Crippen LogP contribution in [-0.4, -0.2) is 20.9 Å². The van der Waals surface area contributed by atoms with Crippen molar-refractivity contribution in [2.45, 2.75) is 0 Å². The van der Waals surface area contributed by atoms with Gasteiger partial charge in [0.1, 0.15) is 16.5 Å². The number of nitrogens with two attached hydrogens (primary N) is 1. The summed E-state index contributed by atoms with van der Waals surface area (Å²) in [5.41, 5.74) is 6.30. The van der Waals surface area contributed by atoms with Gasteiger partial charge >= 0.3 is 0 Å². The largest absolute Gasteiger partial charge is 0.389 e. The number of nitrogens with one attached hydrogen (secondary N) is 1. The number of halogens is 1. The average Bonchev–Trinajstić information content (AvgIpc) is 2.41. The molecule has 96 valence electrons. The van der Waals surface area contributed by atoms with Gasteiger partial charge in [0, 0.05) is 18.0 Å². The van der Waals surface area contributed by atoms with Crippen molar-refractivity contribution in [1.29, 1.82) is 0 Å². The van der Waals surface area contributed by atoms with E-state index < -0.39 is 0 Å². The van der Waals surface area contributed by atoms with Gasteiger partial charge in [-0.05, 0) is 24.3 Å². The van der Waals surface area contributed by atoms with Crippen LogP contribution in [0.2, 0.25) is 5.02 Å². The lowest BCUT2D eigenvalue weighted by Crippen LogP contribution is -2.16. The molecule has 0 aliphatic rings. The van der Waals surface area contributed by atoms with Gasteiger partial charge in [0.15, 0.2) is 0 Å². The lowest BCUT2D eigenvalue weighted by atomic mass is 10.2. The number of thiocarbonyl (C=S) groups is 1. The van der Waals surface area contributed by atoms with E-state index in [1.54, 1.807) is 24.3 Å². The molecule has 2 aromatic rings. The van der Waals surface area contributed by atoms with Crippen molar-refractivity contribution >= 4 is 40.5 Å². The van der Waals surface area contributed by atoms with E-state index in [2.05, 4.69) is 15.3 Å². The molecule has 0 spiro atoms. The van der Waals surface area contributed by atoms with Gasteiger partial charge in [-0.3, -0.25) is 9.78 Å². The van der Waals surface area contributed by atoms with Gasteiger partial charge in [0.05, 0.1) is 5.02 Å². The first-order chi connectivity index (χ1) is 9.06. The monoisotopic (exact) mass is 292 g/mol. The molecule has 2 aromatic heterocycles. The summed E-state index contributed by atoms with van der Waals surface area (Å²) < 4.78 is 0. The molecule has 0 saturated heterocycles. The van der Waals surface area contributed by atoms with Crippen molar-refractivity contribution in [3.63, 3.8) is 0 Å². The fraction of sp³-hybridized carbons (Fsp3) is 0. The Bertz CT molecular complexity index is 613. The zero-order valence-corrected chi connectivity index (χ0v) is 11.2. The van der Waals surface area contributed by atoms with Crippen molar-refractivity contribution in [2.75, 3.05) is 5.32 Å². The van der Waals surface area contributed by atoms with Crippen molar-refractivity contribution in [2.24, 2.45) is 5.73 Å². The molecule has 0 aromatic carbocycles. The highest BCUT2D eigenvalue weighted by molar-refractivity contribution is 7.80. The van der Waals surface area contributed by atoms with Crippen molar-refractivity contribution < 1.29 is 4.79 Å². The van der Waals surface area contributed by atoms with Crippen molar-refractivity contribution in [1.82, 2.24) is 9.97 Å². The molecular formula is C12H9ClN4OS. The summed E-state index contributed by atoms with van der Waals surface area (Å²) >= 11 is 10.5. The van der Waals surface area contributed by atoms with Gasteiger partial charge < -0.3 is 11.1 Å². The van der Waals surface area contributed by atoms with E-state index in [0.29, 0.717) is 16.4 Å². The summed E-state index contributed by atoms with van der Waals surface area (Å²) in [6.45, 7) is 0. The highest BCUT2D eigenvalue weighted by Crippen LogP contribution is 2.10. The number of nitrogens with zero attached hydrogens (tertiary/aromatic N) is 2. The van der Waals surface area contributed by atoms with E-state index in [9.17, 15) is 4.79 Å². The third-order valence-electron chi connectivity index (χ3n) is 2.25. The van der Waals surface area contributed by atoms with E-state index in [1.807, 2.05) is 0 Å². The maximum absolute atomic E-state index is 11.9. The molecule has 0 fully saturated rings. The molecule has 0 atom stereocenters. The zero-order valence-electron chi connectivity index (χ0n) is 9.63. The maximum atomic E-state index is 11.9. The molecular weight excluding hydrogens is 284 g/mol. The number of rotatable bonds is 3. The van der Waals surface area contributed by atoms with Crippen LogP contribution in [0.5, 0.6) is 0 Å². The number of amides is 1. The lowest BCUT2D eigenvalue weighted by molar-refractivity contribution is 0.102. The molecule has 0 unspecified atom stereocenters.